The molecular weight excluding hydrogens is 687 g/mol. The molecule has 0 aliphatic rings. The van der Waals surface area contributed by atoms with Crippen LogP contribution in [0.2, 0.25) is 0 Å². The van der Waals surface area contributed by atoms with Crippen molar-refractivity contribution in [3.8, 4) is 22.3 Å². The number of hydrogen-bond donors (Lipinski definition) is 0. The van der Waals surface area contributed by atoms with Crippen molar-refractivity contribution in [2.75, 3.05) is 4.90 Å². The fourth-order valence-electron chi connectivity index (χ4n) is 8.68. The summed E-state index contributed by atoms with van der Waals surface area (Å²) in [6, 6.07) is 66.1. The third kappa shape index (κ3) is 4.66. The number of benzene rings is 9. The van der Waals surface area contributed by atoms with Gasteiger partial charge in [-0.25, -0.2) is 0 Å². The van der Waals surface area contributed by atoms with Crippen molar-refractivity contribution in [2.45, 2.75) is 0 Å². The van der Waals surface area contributed by atoms with Crippen molar-refractivity contribution in [3.63, 3.8) is 0 Å². The summed E-state index contributed by atoms with van der Waals surface area (Å²) in [5.41, 5.74) is 12.6. The van der Waals surface area contributed by atoms with Crippen molar-refractivity contribution in [3.05, 3.63) is 188 Å². The summed E-state index contributed by atoms with van der Waals surface area (Å²) in [6.45, 7) is 0. The fraction of sp³-hybridized carbons (Fsp3) is 0. The van der Waals surface area contributed by atoms with Crippen molar-refractivity contribution in [1.29, 1.82) is 0 Å². The van der Waals surface area contributed by atoms with Crippen molar-refractivity contribution < 1.29 is 13.3 Å². The molecule has 0 fully saturated rings. The summed E-state index contributed by atoms with van der Waals surface area (Å²) in [5.74, 6) is 0. The zero-order chi connectivity index (χ0) is 36.7. The van der Waals surface area contributed by atoms with E-state index in [0.717, 1.165) is 111 Å². The molecule has 0 aliphatic carbocycles. The zero-order valence-corrected chi connectivity index (χ0v) is 30.1. The monoisotopic (exact) mass is 717 g/mol. The van der Waals surface area contributed by atoms with E-state index in [9.17, 15) is 0 Å². The standard InChI is InChI=1S/C52H31NO3/c1-2-12-34-30-49-44(29-33(34)11-1)51-42(17-10-22-48(51)55-49)38-13-3-6-19-45(38)53(36-27-28-41-39-14-4-7-20-46(39)54-50(41)31-36)35-25-23-32(24-26-35)37-16-9-18-43-40-15-5-8-21-47(40)56-52(37)43/h1-31H. The number of fused-ring (bicyclic) bond motifs is 10. The summed E-state index contributed by atoms with van der Waals surface area (Å²) in [4.78, 5) is 2.34. The summed E-state index contributed by atoms with van der Waals surface area (Å²) < 4.78 is 19.4. The largest absolute Gasteiger partial charge is 0.456 e. The molecule has 12 rings (SSSR count). The Morgan fingerprint density at radius 1 is 0.321 bits per heavy atom. The van der Waals surface area contributed by atoms with Crippen LogP contribution in [0.15, 0.2) is 201 Å². The van der Waals surface area contributed by atoms with Crippen LogP contribution in [0.25, 0.3) is 98.8 Å². The third-order valence-electron chi connectivity index (χ3n) is 11.3. The van der Waals surface area contributed by atoms with Gasteiger partial charge in [0.2, 0.25) is 0 Å². The highest BCUT2D eigenvalue weighted by molar-refractivity contribution is 6.17. The van der Waals surface area contributed by atoms with Gasteiger partial charge in [0.1, 0.15) is 33.5 Å². The van der Waals surface area contributed by atoms with E-state index in [1.54, 1.807) is 0 Å². The van der Waals surface area contributed by atoms with E-state index in [4.69, 9.17) is 13.3 Å². The van der Waals surface area contributed by atoms with Gasteiger partial charge >= 0.3 is 0 Å². The van der Waals surface area contributed by atoms with Crippen LogP contribution >= 0.6 is 0 Å². The Morgan fingerprint density at radius 3 is 1.75 bits per heavy atom. The normalized spacial score (nSPS) is 11.9. The van der Waals surface area contributed by atoms with Crippen LogP contribution in [-0.2, 0) is 0 Å². The molecule has 0 amide bonds. The zero-order valence-electron chi connectivity index (χ0n) is 30.1. The minimum absolute atomic E-state index is 0.842. The van der Waals surface area contributed by atoms with Crippen molar-refractivity contribution in [1.82, 2.24) is 0 Å². The Labute approximate surface area is 321 Å². The Kier molecular flexibility index (Phi) is 6.60. The van der Waals surface area contributed by atoms with E-state index in [0.29, 0.717) is 0 Å². The average Bonchev–Trinajstić information content (AvgIpc) is 3.94. The molecule has 12 aromatic rings. The van der Waals surface area contributed by atoms with Gasteiger partial charge in [-0.15, -0.1) is 0 Å². The predicted octanol–water partition coefficient (Wildman–Crippen LogP) is 15.3. The molecular formula is C52H31NO3. The van der Waals surface area contributed by atoms with E-state index in [2.05, 4.69) is 169 Å². The molecule has 0 saturated carbocycles. The Hall–Kier alpha value is -7.56. The van der Waals surface area contributed by atoms with Crippen LogP contribution in [0.5, 0.6) is 0 Å². The SMILES string of the molecule is c1ccc(N(c2ccc(-c3cccc4c3oc3ccccc34)cc2)c2ccc3c(c2)oc2ccccc23)c(-c2cccc3oc4cc5ccccc5cc4c23)c1. The first-order chi connectivity index (χ1) is 27.7. The molecule has 0 atom stereocenters. The molecule has 9 aromatic carbocycles. The number of hydrogen-bond acceptors (Lipinski definition) is 4. The Bertz CT molecular complexity index is 3490. The van der Waals surface area contributed by atoms with Gasteiger partial charge in [-0.1, -0.05) is 121 Å². The first kappa shape index (κ1) is 30.9. The van der Waals surface area contributed by atoms with E-state index >= 15 is 0 Å². The molecule has 0 unspecified atom stereocenters. The highest BCUT2D eigenvalue weighted by atomic mass is 16.3. The van der Waals surface area contributed by atoms with Gasteiger partial charge in [-0.05, 0) is 82.6 Å². The molecule has 0 bridgehead atoms. The van der Waals surface area contributed by atoms with Crippen LogP contribution in [0.3, 0.4) is 0 Å². The molecule has 0 spiro atoms. The fourth-order valence-corrected chi connectivity index (χ4v) is 8.68. The van der Waals surface area contributed by atoms with Crippen molar-refractivity contribution in [2.24, 2.45) is 0 Å². The van der Waals surface area contributed by atoms with Gasteiger partial charge in [0.25, 0.3) is 0 Å². The number of rotatable bonds is 5. The van der Waals surface area contributed by atoms with Crippen LogP contribution in [0.1, 0.15) is 0 Å². The lowest BCUT2D eigenvalue weighted by Gasteiger charge is -2.28. The first-order valence-corrected chi connectivity index (χ1v) is 18.9. The number of para-hydroxylation sites is 4. The molecule has 0 N–H and O–H groups in total. The molecule has 56 heavy (non-hydrogen) atoms. The summed E-state index contributed by atoms with van der Waals surface area (Å²) in [5, 5.41) is 8.98. The molecule has 0 saturated heterocycles. The number of anilines is 3. The second-order valence-corrected chi connectivity index (χ2v) is 14.4. The van der Waals surface area contributed by atoms with Gasteiger partial charge in [0, 0.05) is 60.9 Å². The lowest BCUT2D eigenvalue weighted by molar-refractivity contribution is 0.669. The second kappa shape index (κ2) is 12.0. The van der Waals surface area contributed by atoms with Crippen LogP contribution in [0.4, 0.5) is 17.1 Å². The van der Waals surface area contributed by atoms with Gasteiger partial charge < -0.3 is 18.2 Å². The molecule has 3 heterocycles. The molecule has 4 heteroatoms. The van der Waals surface area contributed by atoms with E-state index in [-0.39, 0.29) is 0 Å². The summed E-state index contributed by atoms with van der Waals surface area (Å²) in [7, 11) is 0. The Balaban J connectivity index is 1.07. The van der Waals surface area contributed by atoms with Gasteiger partial charge in [-0.3, -0.25) is 0 Å². The predicted molar refractivity (Wildman–Crippen MR) is 231 cm³/mol. The maximum Gasteiger partial charge on any atom is 0.143 e. The molecule has 3 aromatic heterocycles. The number of nitrogens with zero attached hydrogens (tertiary/aromatic N) is 1. The molecule has 4 nitrogen and oxygen atoms in total. The lowest BCUT2D eigenvalue weighted by Crippen LogP contribution is -2.11. The molecule has 262 valence electrons. The lowest BCUT2D eigenvalue weighted by atomic mass is 9.96. The highest BCUT2D eigenvalue weighted by Crippen LogP contribution is 2.47. The van der Waals surface area contributed by atoms with Crippen LogP contribution in [0, 0.1) is 0 Å². The third-order valence-corrected chi connectivity index (χ3v) is 11.3. The van der Waals surface area contributed by atoms with Crippen LogP contribution in [-0.4, -0.2) is 0 Å². The van der Waals surface area contributed by atoms with Gasteiger partial charge in [0.05, 0.1) is 5.69 Å². The first-order valence-electron chi connectivity index (χ1n) is 18.9. The van der Waals surface area contributed by atoms with E-state index in [1.807, 2.05) is 24.3 Å². The van der Waals surface area contributed by atoms with E-state index < -0.39 is 0 Å². The molecule has 0 radical (unpaired) electrons. The minimum Gasteiger partial charge on any atom is -0.456 e. The highest BCUT2D eigenvalue weighted by Gasteiger charge is 2.22. The summed E-state index contributed by atoms with van der Waals surface area (Å²) >= 11 is 0. The van der Waals surface area contributed by atoms with Gasteiger partial charge in [-0.2, -0.15) is 0 Å². The maximum atomic E-state index is 6.54. The number of furan rings is 3. The molecule has 0 aliphatic heterocycles. The average molecular weight is 718 g/mol. The minimum atomic E-state index is 0.842. The van der Waals surface area contributed by atoms with Crippen molar-refractivity contribution >= 4 is 93.7 Å². The Morgan fingerprint density at radius 2 is 0.893 bits per heavy atom. The van der Waals surface area contributed by atoms with Crippen LogP contribution < -0.4 is 4.90 Å². The quantitative estimate of drug-likeness (QED) is 0.178. The van der Waals surface area contributed by atoms with E-state index in [1.165, 1.54) is 5.39 Å². The smallest absolute Gasteiger partial charge is 0.143 e. The second-order valence-electron chi connectivity index (χ2n) is 14.4. The maximum absolute atomic E-state index is 6.54. The topological polar surface area (TPSA) is 42.7 Å². The summed E-state index contributed by atoms with van der Waals surface area (Å²) in [6.07, 6.45) is 0. The van der Waals surface area contributed by atoms with Gasteiger partial charge in [0.15, 0.2) is 0 Å².